The minimum absolute atomic E-state index is 0.181. The van der Waals surface area contributed by atoms with Crippen LogP contribution in [0.1, 0.15) is 28.0 Å². The lowest BCUT2D eigenvalue weighted by Crippen LogP contribution is -2.30. The van der Waals surface area contributed by atoms with E-state index in [9.17, 15) is 4.79 Å². The third-order valence-electron chi connectivity index (χ3n) is 4.31. The number of carbonyl (C=O) groups excluding carboxylic acids is 1. The molecule has 8 heteroatoms. The zero-order chi connectivity index (χ0) is 18.8. The number of halogens is 1. The number of hydrogen-bond donors (Lipinski definition) is 1. The highest BCUT2D eigenvalue weighted by atomic mass is 35.5. The number of nitrogens with one attached hydrogen (secondary N) is 1. The van der Waals surface area contributed by atoms with Crippen LogP contribution in [-0.4, -0.2) is 32.5 Å². The van der Waals surface area contributed by atoms with E-state index in [0.29, 0.717) is 9.90 Å². The van der Waals surface area contributed by atoms with Crippen molar-refractivity contribution in [1.82, 2.24) is 19.9 Å². The number of benzene rings is 1. The molecule has 4 rings (SSSR count). The molecule has 0 aliphatic carbocycles. The topological polar surface area (TPSA) is 59.3 Å². The zero-order valence-electron chi connectivity index (χ0n) is 14.6. The van der Waals surface area contributed by atoms with Gasteiger partial charge in [-0.05, 0) is 36.6 Å². The second-order valence-corrected chi connectivity index (χ2v) is 8.45. The summed E-state index contributed by atoms with van der Waals surface area (Å²) in [5.41, 5.74) is 0.760. The van der Waals surface area contributed by atoms with Crippen LogP contribution in [0.3, 0.4) is 0 Å². The maximum atomic E-state index is 13.0. The fourth-order valence-electron chi connectivity index (χ4n) is 2.98. The maximum Gasteiger partial charge on any atom is 0.263 e. The number of nitrogens with zero attached hydrogens (tertiary/aromatic N) is 3. The van der Waals surface area contributed by atoms with Gasteiger partial charge in [0.25, 0.3) is 5.91 Å². The summed E-state index contributed by atoms with van der Waals surface area (Å²) in [6.07, 6.45) is 4.71. The second kappa shape index (κ2) is 7.88. The Labute approximate surface area is 169 Å². The lowest BCUT2D eigenvalue weighted by Gasteiger charge is -2.16. The van der Waals surface area contributed by atoms with Crippen molar-refractivity contribution in [1.29, 1.82) is 0 Å². The van der Waals surface area contributed by atoms with Crippen LogP contribution in [0.2, 0.25) is 5.02 Å². The number of rotatable bonds is 6. The van der Waals surface area contributed by atoms with Gasteiger partial charge in [0.15, 0.2) is 11.5 Å². The molecule has 0 unspecified atom stereocenters. The number of aromatic nitrogens is 3. The Kier molecular flexibility index (Phi) is 5.33. The Hall–Kier alpha value is -2.09. The quantitative estimate of drug-likeness (QED) is 0.489. The number of thiophene rings is 1. The summed E-state index contributed by atoms with van der Waals surface area (Å²) in [7, 11) is 0. The predicted molar refractivity (Wildman–Crippen MR) is 113 cm³/mol. The average Bonchev–Trinajstić information content (AvgIpc) is 3.27. The lowest BCUT2D eigenvalue weighted by molar-refractivity contribution is 0.0938. The van der Waals surface area contributed by atoms with E-state index in [1.165, 1.54) is 11.3 Å². The van der Waals surface area contributed by atoms with Crippen LogP contribution in [0.15, 0.2) is 48.7 Å². The molecule has 138 valence electrons. The molecule has 3 aromatic heterocycles. The molecule has 0 spiro atoms. The minimum Gasteiger partial charge on any atom is -0.341 e. The summed E-state index contributed by atoms with van der Waals surface area (Å²) in [5.74, 6) is 1.44. The Morgan fingerprint density at radius 2 is 2.07 bits per heavy atom. The predicted octanol–water partition coefficient (Wildman–Crippen LogP) is 4.82. The van der Waals surface area contributed by atoms with E-state index in [1.807, 2.05) is 59.3 Å². The average molecular weight is 417 g/mol. The molecule has 0 radical (unpaired) electrons. The molecule has 0 saturated heterocycles. The molecule has 1 amide bonds. The van der Waals surface area contributed by atoms with Gasteiger partial charge in [-0.15, -0.1) is 21.5 Å². The van der Waals surface area contributed by atoms with Crippen molar-refractivity contribution < 1.29 is 4.79 Å². The van der Waals surface area contributed by atoms with E-state index in [-0.39, 0.29) is 11.9 Å². The van der Waals surface area contributed by atoms with E-state index in [4.69, 9.17) is 11.6 Å². The molecule has 1 atom stereocenters. The number of hydrogen-bond acceptors (Lipinski definition) is 5. The van der Waals surface area contributed by atoms with Crippen LogP contribution in [0, 0.1) is 0 Å². The van der Waals surface area contributed by atoms with Crippen molar-refractivity contribution in [2.24, 2.45) is 0 Å². The normalized spacial score (nSPS) is 12.5. The highest BCUT2D eigenvalue weighted by molar-refractivity contribution is 7.98. The van der Waals surface area contributed by atoms with Gasteiger partial charge < -0.3 is 5.32 Å². The van der Waals surface area contributed by atoms with Crippen molar-refractivity contribution in [2.75, 3.05) is 12.0 Å². The van der Waals surface area contributed by atoms with Crippen LogP contribution in [0.5, 0.6) is 0 Å². The van der Waals surface area contributed by atoms with Crippen molar-refractivity contribution in [3.63, 3.8) is 0 Å². The van der Waals surface area contributed by atoms with Crippen LogP contribution >= 0.6 is 34.7 Å². The van der Waals surface area contributed by atoms with Crippen LogP contribution in [0.25, 0.3) is 15.7 Å². The first-order valence-electron chi connectivity index (χ1n) is 8.45. The molecular formula is C19H17ClN4OS2. The molecule has 0 aliphatic heterocycles. The molecule has 0 fully saturated rings. The fourth-order valence-corrected chi connectivity index (χ4v) is 4.87. The van der Waals surface area contributed by atoms with Crippen molar-refractivity contribution in [3.05, 3.63) is 64.4 Å². The SMILES string of the molecule is CSCC[C@@H](NC(=O)c1sc2ccccc2c1Cl)c1nnc2ccccn12. The summed E-state index contributed by atoms with van der Waals surface area (Å²) < 4.78 is 2.92. The molecular weight excluding hydrogens is 400 g/mol. The summed E-state index contributed by atoms with van der Waals surface area (Å²) in [6.45, 7) is 0. The van der Waals surface area contributed by atoms with Gasteiger partial charge in [-0.2, -0.15) is 11.8 Å². The van der Waals surface area contributed by atoms with Gasteiger partial charge in [-0.1, -0.05) is 35.9 Å². The van der Waals surface area contributed by atoms with E-state index in [0.717, 1.165) is 33.7 Å². The molecule has 0 aliphatic rings. The van der Waals surface area contributed by atoms with Crippen molar-refractivity contribution >= 4 is 56.3 Å². The minimum atomic E-state index is -0.247. The van der Waals surface area contributed by atoms with Crippen LogP contribution < -0.4 is 5.32 Å². The van der Waals surface area contributed by atoms with E-state index in [2.05, 4.69) is 15.5 Å². The maximum absolute atomic E-state index is 13.0. The summed E-state index contributed by atoms with van der Waals surface area (Å²) in [6, 6.07) is 13.3. The number of pyridine rings is 1. The smallest absolute Gasteiger partial charge is 0.263 e. The Morgan fingerprint density at radius 1 is 1.26 bits per heavy atom. The number of fused-ring (bicyclic) bond motifs is 2. The third-order valence-corrected chi connectivity index (χ3v) is 6.63. The number of carbonyl (C=O) groups is 1. The van der Waals surface area contributed by atoms with Crippen molar-refractivity contribution in [3.8, 4) is 0 Å². The number of thioether (sulfide) groups is 1. The number of amides is 1. The molecule has 0 bridgehead atoms. The monoisotopic (exact) mass is 416 g/mol. The van der Waals surface area contributed by atoms with Crippen molar-refractivity contribution in [2.45, 2.75) is 12.5 Å². The molecule has 1 N–H and O–H groups in total. The van der Waals surface area contributed by atoms with Gasteiger partial charge in [-0.3, -0.25) is 9.20 Å². The van der Waals surface area contributed by atoms with Gasteiger partial charge >= 0.3 is 0 Å². The highest BCUT2D eigenvalue weighted by Gasteiger charge is 2.24. The second-order valence-electron chi connectivity index (χ2n) is 6.04. The fraction of sp³-hybridized carbons (Fsp3) is 0.211. The molecule has 5 nitrogen and oxygen atoms in total. The van der Waals surface area contributed by atoms with E-state index >= 15 is 0 Å². The van der Waals surface area contributed by atoms with Gasteiger partial charge in [0, 0.05) is 16.3 Å². The molecule has 4 aromatic rings. The van der Waals surface area contributed by atoms with Gasteiger partial charge in [0.2, 0.25) is 0 Å². The standard InChI is InChI=1S/C19H17ClN4OS2/c1-26-11-9-13(18-23-22-15-8-4-5-10-24(15)18)21-19(25)17-16(20)12-6-2-3-7-14(12)27-17/h2-8,10,13H,9,11H2,1H3,(H,21,25)/t13-/m1/s1. The van der Waals surface area contributed by atoms with Gasteiger partial charge in [0.1, 0.15) is 4.88 Å². The highest BCUT2D eigenvalue weighted by Crippen LogP contribution is 2.35. The Morgan fingerprint density at radius 3 is 2.89 bits per heavy atom. The van der Waals surface area contributed by atoms with Crippen LogP contribution in [0.4, 0.5) is 0 Å². The zero-order valence-corrected chi connectivity index (χ0v) is 16.9. The lowest BCUT2D eigenvalue weighted by atomic mass is 10.2. The summed E-state index contributed by atoms with van der Waals surface area (Å²) >= 11 is 9.61. The molecule has 3 heterocycles. The summed E-state index contributed by atoms with van der Waals surface area (Å²) in [4.78, 5) is 13.5. The summed E-state index contributed by atoms with van der Waals surface area (Å²) in [5, 5.41) is 13.1. The first-order chi connectivity index (χ1) is 13.2. The van der Waals surface area contributed by atoms with E-state index < -0.39 is 0 Å². The largest absolute Gasteiger partial charge is 0.341 e. The first-order valence-corrected chi connectivity index (χ1v) is 11.0. The van der Waals surface area contributed by atoms with Gasteiger partial charge in [-0.25, -0.2) is 0 Å². The molecule has 1 aromatic carbocycles. The van der Waals surface area contributed by atoms with Gasteiger partial charge in [0.05, 0.1) is 11.1 Å². The van der Waals surface area contributed by atoms with Crippen LogP contribution in [-0.2, 0) is 0 Å². The molecule has 0 saturated carbocycles. The van der Waals surface area contributed by atoms with E-state index in [1.54, 1.807) is 11.8 Å². The Balaban J connectivity index is 1.67. The third kappa shape index (κ3) is 3.54. The Bertz CT molecular complexity index is 1110. The molecule has 27 heavy (non-hydrogen) atoms. The first kappa shape index (κ1) is 18.3.